The first-order chi connectivity index (χ1) is 15.4. The van der Waals surface area contributed by atoms with Crippen molar-refractivity contribution in [2.24, 2.45) is 11.1 Å². The lowest BCUT2D eigenvalue weighted by Gasteiger charge is -2.23. The van der Waals surface area contributed by atoms with Gasteiger partial charge in [-0.25, -0.2) is 20.1 Å². The number of aromatic nitrogens is 4. The molecular formula is C22H30N6O4S. The summed E-state index contributed by atoms with van der Waals surface area (Å²) in [4.78, 5) is 16.9. The number of H-pyrrole nitrogens is 1. The molecule has 2 aliphatic carbocycles. The Labute approximate surface area is 193 Å². The van der Waals surface area contributed by atoms with Crippen molar-refractivity contribution in [3.63, 3.8) is 0 Å². The second kappa shape index (κ2) is 9.34. The third kappa shape index (κ3) is 5.01. The van der Waals surface area contributed by atoms with Crippen molar-refractivity contribution < 1.29 is 17.7 Å². The summed E-state index contributed by atoms with van der Waals surface area (Å²) in [6.07, 6.45) is 4.96. The number of aliphatic hydroxyl groups is 1. The molecule has 1 saturated carbocycles. The van der Waals surface area contributed by atoms with Crippen molar-refractivity contribution in [3.8, 4) is 0 Å². The minimum Gasteiger partial charge on any atom is -0.393 e. The quantitative estimate of drug-likeness (QED) is 0.424. The van der Waals surface area contributed by atoms with Gasteiger partial charge in [-0.3, -0.25) is 4.18 Å². The monoisotopic (exact) mass is 474 g/mol. The maximum atomic E-state index is 11.1. The second-order valence-corrected chi connectivity index (χ2v) is 9.83. The summed E-state index contributed by atoms with van der Waals surface area (Å²) in [6, 6.07) is 8.39. The number of anilines is 1. The lowest BCUT2D eigenvalue weighted by Crippen LogP contribution is -2.24. The Hall–Kier alpha value is -2.60. The Balaban J connectivity index is 0.00000259. The Morgan fingerprint density at radius 2 is 2.06 bits per heavy atom. The number of fused-ring (bicyclic) bond motifs is 2. The molecule has 2 aliphatic rings. The average molecular weight is 475 g/mol. The van der Waals surface area contributed by atoms with Crippen molar-refractivity contribution in [3.05, 3.63) is 47.5 Å². The predicted octanol–water partition coefficient (Wildman–Crippen LogP) is 2.23. The number of rotatable bonds is 6. The van der Waals surface area contributed by atoms with Gasteiger partial charge in [-0.05, 0) is 43.2 Å². The molecule has 1 unspecified atom stereocenters. The van der Waals surface area contributed by atoms with E-state index in [0.717, 1.165) is 30.6 Å². The molecule has 1 fully saturated rings. The van der Waals surface area contributed by atoms with Crippen molar-refractivity contribution in [1.29, 1.82) is 0 Å². The number of aliphatic hydroxyl groups excluding tert-OH is 1. The molecule has 4 atom stereocenters. The molecule has 10 nitrogen and oxygen atoms in total. The molecule has 2 aromatic heterocycles. The highest BCUT2D eigenvalue weighted by atomic mass is 32.2. The van der Waals surface area contributed by atoms with Crippen LogP contribution in [0.2, 0.25) is 0 Å². The molecule has 11 heteroatoms. The number of hydrogen-bond donors (Lipinski definition) is 4. The lowest BCUT2D eigenvalue weighted by molar-refractivity contribution is 0.101. The van der Waals surface area contributed by atoms with Gasteiger partial charge in [0.25, 0.3) is 0 Å². The Morgan fingerprint density at radius 3 is 2.88 bits per heavy atom. The third-order valence-electron chi connectivity index (χ3n) is 6.45. The molecule has 0 amide bonds. The van der Waals surface area contributed by atoms with Crippen molar-refractivity contribution in [2.75, 3.05) is 11.9 Å². The number of hydrogen-bond acceptors (Lipinski definition) is 8. The SMILES string of the molecule is C.NS(=O)(=O)OC[C@@H]1C[C@@H](Nc2ncnc3nc(C4CCCc5ccccc54)[nH]c23)C[C@@H]1O. The van der Waals surface area contributed by atoms with E-state index in [0.29, 0.717) is 24.3 Å². The number of nitrogens with one attached hydrogen (secondary N) is 2. The Bertz CT molecular complexity index is 1230. The molecule has 0 radical (unpaired) electrons. The Kier molecular flexibility index (Phi) is 6.66. The maximum Gasteiger partial charge on any atom is 0.333 e. The molecule has 3 aromatic rings. The van der Waals surface area contributed by atoms with Gasteiger partial charge < -0.3 is 15.4 Å². The van der Waals surface area contributed by atoms with Crippen LogP contribution in [0.4, 0.5) is 5.82 Å². The van der Waals surface area contributed by atoms with Crippen LogP contribution in [0.5, 0.6) is 0 Å². The lowest BCUT2D eigenvalue weighted by atomic mass is 9.82. The molecular weight excluding hydrogens is 444 g/mol. The van der Waals surface area contributed by atoms with E-state index in [1.165, 1.54) is 17.5 Å². The molecule has 0 bridgehead atoms. The molecule has 0 spiro atoms. The largest absolute Gasteiger partial charge is 0.393 e. The first-order valence-electron chi connectivity index (χ1n) is 10.8. The van der Waals surface area contributed by atoms with Crippen molar-refractivity contribution >= 4 is 27.3 Å². The fourth-order valence-corrected chi connectivity index (χ4v) is 5.30. The Morgan fingerprint density at radius 1 is 1.24 bits per heavy atom. The summed E-state index contributed by atoms with van der Waals surface area (Å²) < 4.78 is 26.8. The highest BCUT2D eigenvalue weighted by molar-refractivity contribution is 7.84. The van der Waals surface area contributed by atoms with Crippen LogP contribution in [0.1, 0.15) is 56.0 Å². The zero-order valence-corrected chi connectivity index (χ0v) is 18.3. The zero-order valence-electron chi connectivity index (χ0n) is 17.4. The summed E-state index contributed by atoms with van der Waals surface area (Å²) in [6.45, 7) is -0.146. The van der Waals surface area contributed by atoms with E-state index in [9.17, 15) is 13.5 Å². The van der Waals surface area contributed by atoms with Crippen LogP contribution < -0.4 is 10.5 Å². The minimum atomic E-state index is -4.03. The summed E-state index contributed by atoms with van der Waals surface area (Å²) in [7, 11) is -4.03. The number of nitrogens with two attached hydrogens (primary N) is 1. The molecule has 2 heterocycles. The highest BCUT2D eigenvalue weighted by Gasteiger charge is 2.34. The van der Waals surface area contributed by atoms with Crippen molar-refractivity contribution in [1.82, 2.24) is 19.9 Å². The van der Waals surface area contributed by atoms with Crippen LogP contribution in [-0.4, -0.2) is 52.2 Å². The van der Waals surface area contributed by atoms with Crippen LogP contribution in [0.15, 0.2) is 30.6 Å². The maximum absolute atomic E-state index is 11.1. The molecule has 0 saturated heterocycles. The molecule has 5 rings (SSSR count). The normalized spacial score (nSPS) is 24.9. The van der Waals surface area contributed by atoms with E-state index in [-0.39, 0.29) is 31.9 Å². The van der Waals surface area contributed by atoms with E-state index < -0.39 is 16.4 Å². The fourth-order valence-electron chi connectivity index (χ4n) is 4.93. The van der Waals surface area contributed by atoms with Gasteiger partial charge in [-0.15, -0.1) is 0 Å². The molecule has 5 N–H and O–H groups in total. The summed E-state index contributed by atoms with van der Waals surface area (Å²) in [5.74, 6) is 1.35. The number of imidazole rings is 1. The van der Waals surface area contributed by atoms with E-state index >= 15 is 0 Å². The molecule has 0 aliphatic heterocycles. The third-order valence-corrected chi connectivity index (χ3v) is 6.92. The summed E-state index contributed by atoms with van der Waals surface area (Å²) in [5, 5.41) is 18.6. The molecule has 1 aromatic carbocycles. The van der Waals surface area contributed by atoms with E-state index in [4.69, 9.17) is 10.1 Å². The van der Waals surface area contributed by atoms with Crippen LogP contribution in [-0.2, 0) is 20.9 Å². The number of aromatic amines is 1. The highest BCUT2D eigenvalue weighted by Crippen LogP contribution is 2.36. The standard InChI is InChI=1S/C21H26N6O4S.CH4/c22-32(29,30)31-10-13-8-14(9-17(13)28)25-20-18-21(24-11-23-20)27-19(26-18)16-7-3-5-12-4-1-2-6-15(12)16;/h1-2,4,6,11,13-14,16-17,28H,3,5,7-10H2,(H2,22,29,30)(H2,23,24,25,26,27);1H4/t13-,14+,16?,17-;/m0./s1. The first-order valence-corrected chi connectivity index (χ1v) is 12.2. The van der Waals surface area contributed by atoms with Gasteiger partial charge >= 0.3 is 10.3 Å². The summed E-state index contributed by atoms with van der Waals surface area (Å²) >= 11 is 0. The average Bonchev–Trinajstić information content (AvgIpc) is 3.35. The van der Waals surface area contributed by atoms with Crippen LogP contribution >= 0.6 is 0 Å². The molecule has 178 valence electrons. The van der Waals surface area contributed by atoms with Gasteiger partial charge in [0.15, 0.2) is 11.5 Å². The van der Waals surface area contributed by atoms with Gasteiger partial charge in [0.1, 0.15) is 17.7 Å². The van der Waals surface area contributed by atoms with Gasteiger partial charge in [0.05, 0.1) is 12.7 Å². The van der Waals surface area contributed by atoms with Gasteiger partial charge in [0.2, 0.25) is 0 Å². The zero-order chi connectivity index (χ0) is 22.3. The molecule has 33 heavy (non-hydrogen) atoms. The number of benzene rings is 1. The van der Waals surface area contributed by atoms with Gasteiger partial charge in [-0.2, -0.15) is 8.42 Å². The topological polar surface area (TPSA) is 156 Å². The summed E-state index contributed by atoms with van der Waals surface area (Å²) in [5.41, 5.74) is 3.98. The fraction of sp³-hybridized carbons (Fsp3) is 0.500. The van der Waals surface area contributed by atoms with Crippen LogP contribution in [0.25, 0.3) is 11.2 Å². The van der Waals surface area contributed by atoms with Crippen LogP contribution in [0, 0.1) is 5.92 Å². The van der Waals surface area contributed by atoms with Gasteiger partial charge in [-0.1, -0.05) is 31.7 Å². The minimum absolute atomic E-state index is 0. The van der Waals surface area contributed by atoms with Crippen LogP contribution in [0.3, 0.4) is 0 Å². The van der Waals surface area contributed by atoms with Crippen molar-refractivity contribution in [2.45, 2.75) is 57.6 Å². The van der Waals surface area contributed by atoms with E-state index in [1.807, 2.05) is 0 Å². The number of aryl methyl sites for hydroxylation is 1. The number of nitrogens with zero attached hydrogens (tertiary/aromatic N) is 3. The first kappa shape index (κ1) is 23.6. The van der Waals surface area contributed by atoms with E-state index in [2.05, 4.69) is 48.7 Å². The van der Waals surface area contributed by atoms with E-state index in [1.54, 1.807) is 0 Å². The smallest absolute Gasteiger partial charge is 0.333 e. The predicted molar refractivity (Wildman–Crippen MR) is 125 cm³/mol. The second-order valence-electron chi connectivity index (χ2n) is 8.60. The van der Waals surface area contributed by atoms with Gasteiger partial charge in [0, 0.05) is 17.9 Å².